The van der Waals surface area contributed by atoms with Crippen LogP contribution in [0.2, 0.25) is 5.02 Å². The van der Waals surface area contributed by atoms with Crippen LogP contribution in [0.1, 0.15) is 16.7 Å². The Kier molecular flexibility index (Phi) is 7.86. The predicted octanol–water partition coefficient (Wildman–Crippen LogP) is 3.51. The van der Waals surface area contributed by atoms with E-state index in [0.29, 0.717) is 21.8 Å². The number of nitrogens with two attached hydrogens (primary N) is 1. The van der Waals surface area contributed by atoms with Gasteiger partial charge in [0.25, 0.3) is 0 Å². The Morgan fingerprint density at radius 3 is 2.21 bits per heavy atom. The number of carbonyl (C=O) groups excluding carboxylic acids is 2. The predicted molar refractivity (Wildman–Crippen MR) is 128 cm³/mol. The Hall–Kier alpha value is -3.20. The van der Waals surface area contributed by atoms with Crippen molar-refractivity contribution in [2.45, 2.75) is 24.8 Å². The quantitative estimate of drug-likeness (QED) is 0.483. The summed E-state index contributed by atoms with van der Waals surface area (Å²) in [5.74, 6) is -0.969. The molecule has 2 amide bonds. The number of sulfonamides is 1. The number of benzene rings is 3. The molecule has 0 aromatic heterocycles. The third kappa shape index (κ3) is 6.64. The van der Waals surface area contributed by atoms with Gasteiger partial charge in [0.2, 0.25) is 21.8 Å². The Morgan fingerprint density at radius 2 is 1.61 bits per heavy atom. The van der Waals surface area contributed by atoms with Gasteiger partial charge in [-0.05, 0) is 48.4 Å². The average molecular weight is 486 g/mol. The average Bonchev–Trinajstić information content (AvgIpc) is 2.76. The van der Waals surface area contributed by atoms with Crippen LogP contribution in [0.3, 0.4) is 0 Å². The second kappa shape index (κ2) is 10.6. The molecule has 0 atom stereocenters. The van der Waals surface area contributed by atoms with Gasteiger partial charge >= 0.3 is 0 Å². The van der Waals surface area contributed by atoms with E-state index in [9.17, 15) is 18.0 Å². The number of nitrogens with zero attached hydrogens (tertiary/aromatic N) is 1. The Bertz CT molecular complexity index is 1240. The monoisotopic (exact) mass is 485 g/mol. The van der Waals surface area contributed by atoms with Crippen LogP contribution in [0.4, 0.5) is 5.69 Å². The van der Waals surface area contributed by atoms with Crippen molar-refractivity contribution in [3.05, 3.63) is 94.5 Å². The number of anilines is 1. The zero-order valence-electron chi connectivity index (χ0n) is 18.0. The molecule has 0 bridgehead atoms. The fourth-order valence-corrected chi connectivity index (χ4v) is 4.74. The molecule has 0 radical (unpaired) electrons. The first-order chi connectivity index (χ1) is 15.6. The van der Waals surface area contributed by atoms with E-state index in [1.807, 2.05) is 6.92 Å². The van der Waals surface area contributed by atoms with E-state index >= 15 is 0 Å². The van der Waals surface area contributed by atoms with Crippen molar-refractivity contribution >= 4 is 39.1 Å². The molecule has 0 heterocycles. The molecule has 0 aliphatic rings. The fraction of sp³-hybridized carbons (Fsp3) is 0.167. The summed E-state index contributed by atoms with van der Waals surface area (Å²) in [4.78, 5) is 23.9. The van der Waals surface area contributed by atoms with Crippen LogP contribution >= 0.6 is 11.6 Å². The third-order valence-corrected chi connectivity index (χ3v) is 7.07. The van der Waals surface area contributed by atoms with E-state index in [2.05, 4.69) is 5.32 Å². The molecule has 0 saturated carbocycles. The Balaban J connectivity index is 1.83. The summed E-state index contributed by atoms with van der Waals surface area (Å²) in [5, 5.41) is 3.10. The highest BCUT2D eigenvalue weighted by Crippen LogP contribution is 2.23. The molecular weight excluding hydrogens is 462 g/mol. The first kappa shape index (κ1) is 24.4. The fourth-order valence-electron chi connectivity index (χ4n) is 3.17. The van der Waals surface area contributed by atoms with Crippen LogP contribution in [0.25, 0.3) is 0 Å². The molecule has 3 aromatic carbocycles. The molecule has 3 N–H and O–H groups in total. The van der Waals surface area contributed by atoms with E-state index in [0.717, 1.165) is 9.87 Å². The van der Waals surface area contributed by atoms with Crippen molar-refractivity contribution in [3.8, 4) is 0 Å². The van der Waals surface area contributed by atoms with Gasteiger partial charge < -0.3 is 11.1 Å². The highest BCUT2D eigenvalue weighted by molar-refractivity contribution is 7.89. The van der Waals surface area contributed by atoms with Crippen molar-refractivity contribution in [3.63, 3.8) is 0 Å². The number of rotatable bonds is 9. The molecule has 3 aromatic rings. The zero-order valence-corrected chi connectivity index (χ0v) is 19.6. The van der Waals surface area contributed by atoms with E-state index < -0.39 is 28.4 Å². The molecular formula is C24H24ClN3O4S. The van der Waals surface area contributed by atoms with Crippen molar-refractivity contribution in [2.75, 3.05) is 11.9 Å². The minimum Gasteiger partial charge on any atom is -0.369 e. The largest absolute Gasteiger partial charge is 0.369 e. The second-order valence-electron chi connectivity index (χ2n) is 7.57. The van der Waals surface area contributed by atoms with Crippen LogP contribution < -0.4 is 11.1 Å². The number of primary amides is 1. The lowest BCUT2D eigenvalue weighted by Gasteiger charge is -2.22. The van der Waals surface area contributed by atoms with Crippen LogP contribution in [-0.4, -0.2) is 31.1 Å². The first-order valence-corrected chi connectivity index (χ1v) is 11.9. The maximum Gasteiger partial charge on any atom is 0.243 e. The van der Waals surface area contributed by atoms with E-state index in [1.165, 1.54) is 12.1 Å². The number of halogens is 1. The number of hydrogen-bond acceptors (Lipinski definition) is 4. The highest BCUT2D eigenvalue weighted by atomic mass is 35.5. The summed E-state index contributed by atoms with van der Waals surface area (Å²) in [6.07, 6.45) is 0.0919. The standard InChI is InChI=1S/C24H24ClN3O4S/c1-17-6-12-21(13-7-17)33(31,32)28(15-19-4-2-3-5-22(19)25)16-24(30)27-20-10-8-18(9-11-20)14-23(26)29/h2-13H,14-16H2,1H3,(H2,26,29)(H,27,30). The van der Waals surface area contributed by atoms with Crippen molar-refractivity contribution in [2.24, 2.45) is 5.73 Å². The summed E-state index contributed by atoms with van der Waals surface area (Å²) in [6.45, 7) is 1.38. The van der Waals surface area contributed by atoms with Gasteiger partial charge in [0, 0.05) is 17.3 Å². The summed E-state index contributed by atoms with van der Waals surface area (Å²) in [7, 11) is -3.98. The topological polar surface area (TPSA) is 110 Å². The van der Waals surface area contributed by atoms with Gasteiger partial charge in [-0.15, -0.1) is 0 Å². The molecule has 3 rings (SSSR count). The number of amides is 2. The lowest BCUT2D eigenvalue weighted by atomic mass is 10.1. The number of carbonyl (C=O) groups is 2. The SMILES string of the molecule is Cc1ccc(S(=O)(=O)N(CC(=O)Nc2ccc(CC(N)=O)cc2)Cc2ccccc2Cl)cc1. The summed E-state index contributed by atoms with van der Waals surface area (Å²) in [6, 6.07) is 19.9. The van der Waals surface area contributed by atoms with Crippen molar-refractivity contribution < 1.29 is 18.0 Å². The minimum atomic E-state index is -3.98. The van der Waals surface area contributed by atoms with Gasteiger partial charge in [-0.2, -0.15) is 4.31 Å². The zero-order chi connectivity index (χ0) is 24.0. The molecule has 0 unspecified atom stereocenters. The maximum absolute atomic E-state index is 13.4. The molecule has 7 nitrogen and oxygen atoms in total. The molecule has 0 spiro atoms. The van der Waals surface area contributed by atoms with Crippen molar-refractivity contribution in [1.29, 1.82) is 0 Å². The van der Waals surface area contributed by atoms with Gasteiger partial charge in [0.1, 0.15) is 0 Å². The summed E-state index contributed by atoms with van der Waals surface area (Å²) >= 11 is 6.25. The van der Waals surface area contributed by atoms with Gasteiger partial charge in [-0.25, -0.2) is 8.42 Å². The van der Waals surface area contributed by atoms with E-state index in [4.69, 9.17) is 17.3 Å². The minimum absolute atomic E-state index is 0.0686. The Morgan fingerprint density at radius 1 is 0.970 bits per heavy atom. The highest BCUT2D eigenvalue weighted by Gasteiger charge is 2.27. The van der Waals surface area contributed by atoms with Crippen LogP contribution in [0.5, 0.6) is 0 Å². The van der Waals surface area contributed by atoms with Crippen molar-refractivity contribution in [1.82, 2.24) is 4.31 Å². The molecule has 0 saturated heterocycles. The lowest BCUT2D eigenvalue weighted by molar-refractivity contribution is -0.117. The number of hydrogen-bond donors (Lipinski definition) is 2. The van der Waals surface area contributed by atoms with Gasteiger partial charge in [0.15, 0.2) is 0 Å². The van der Waals surface area contributed by atoms with E-state index in [-0.39, 0.29) is 17.9 Å². The van der Waals surface area contributed by atoms with Gasteiger partial charge in [-0.3, -0.25) is 9.59 Å². The van der Waals surface area contributed by atoms with E-state index in [1.54, 1.807) is 60.7 Å². The maximum atomic E-state index is 13.4. The molecule has 0 fully saturated rings. The molecule has 0 aliphatic heterocycles. The first-order valence-electron chi connectivity index (χ1n) is 10.1. The summed E-state index contributed by atoms with van der Waals surface area (Å²) < 4.78 is 27.8. The van der Waals surface area contributed by atoms with Crippen LogP contribution in [0.15, 0.2) is 77.7 Å². The molecule has 33 heavy (non-hydrogen) atoms. The van der Waals surface area contributed by atoms with Crippen LogP contribution in [-0.2, 0) is 32.6 Å². The number of aryl methyl sites for hydroxylation is 1. The Labute approximate surface area is 198 Å². The summed E-state index contributed by atoms with van der Waals surface area (Å²) in [5.41, 5.74) is 7.87. The third-order valence-electron chi connectivity index (χ3n) is 4.90. The van der Waals surface area contributed by atoms with Gasteiger partial charge in [-0.1, -0.05) is 59.6 Å². The van der Waals surface area contributed by atoms with Gasteiger partial charge in [0.05, 0.1) is 17.9 Å². The molecule has 0 aliphatic carbocycles. The van der Waals surface area contributed by atoms with Crippen LogP contribution in [0, 0.1) is 6.92 Å². The molecule has 172 valence electrons. The lowest BCUT2D eigenvalue weighted by Crippen LogP contribution is -2.37. The number of nitrogens with one attached hydrogen (secondary N) is 1. The second-order valence-corrected chi connectivity index (χ2v) is 9.91. The smallest absolute Gasteiger partial charge is 0.243 e. The normalized spacial score (nSPS) is 11.4. The molecule has 9 heteroatoms.